The monoisotopic (exact) mass is 176 g/mol. The molecule has 1 aromatic rings. The SMILES string of the molecule is C=CCc1cc2c([nH]1)C(=O)C(=O)N2. The van der Waals surface area contributed by atoms with Gasteiger partial charge in [0.25, 0.3) is 11.7 Å². The first-order valence-electron chi connectivity index (χ1n) is 3.91. The summed E-state index contributed by atoms with van der Waals surface area (Å²) in [7, 11) is 0. The van der Waals surface area contributed by atoms with Gasteiger partial charge in [0.2, 0.25) is 0 Å². The molecule has 0 spiro atoms. The Morgan fingerprint density at radius 1 is 1.46 bits per heavy atom. The molecule has 2 heterocycles. The minimum Gasteiger partial charge on any atom is -0.354 e. The number of rotatable bonds is 2. The summed E-state index contributed by atoms with van der Waals surface area (Å²) in [4.78, 5) is 24.9. The van der Waals surface area contributed by atoms with Gasteiger partial charge < -0.3 is 10.3 Å². The third-order valence-electron chi connectivity index (χ3n) is 1.92. The molecule has 4 heteroatoms. The topological polar surface area (TPSA) is 62.0 Å². The molecular weight excluding hydrogens is 168 g/mol. The van der Waals surface area contributed by atoms with Crippen LogP contribution in [0.25, 0.3) is 0 Å². The van der Waals surface area contributed by atoms with Gasteiger partial charge in [-0.2, -0.15) is 0 Å². The number of aromatic nitrogens is 1. The van der Waals surface area contributed by atoms with Crippen LogP contribution in [0.4, 0.5) is 5.69 Å². The van der Waals surface area contributed by atoms with Gasteiger partial charge >= 0.3 is 0 Å². The highest BCUT2D eigenvalue weighted by Gasteiger charge is 2.29. The summed E-state index contributed by atoms with van der Waals surface area (Å²) in [5.74, 6) is -1.06. The molecule has 0 saturated carbocycles. The number of allylic oxidation sites excluding steroid dienone is 1. The maximum absolute atomic E-state index is 11.1. The molecular formula is C9H8N2O2. The van der Waals surface area contributed by atoms with Crippen LogP contribution in [0.2, 0.25) is 0 Å². The summed E-state index contributed by atoms with van der Waals surface area (Å²) >= 11 is 0. The van der Waals surface area contributed by atoms with Crippen LogP contribution in [0.5, 0.6) is 0 Å². The number of carbonyl (C=O) groups is 2. The Kier molecular flexibility index (Phi) is 1.55. The lowest BCUT2D eigenvalue weighted by molar-refractivity contribution is -0.112. The molecule has 0 saturated heterocycles. The van der Waals surface area contributed by atoms with E-state index in [1.807, 2.05) is 0 Å². The summed E-state index contributed by atoms with van der Waals surface area (Å²) in [5, 5.41) is 2.47. The number of nitrogens with one attached hydrogen (secondary N) is 2. The van der Waals surface area contributed by atoms with Gasteiger partial charge in [0.05, 0.1) is 5.69 Å². The highest BCUT2D eigenvalue weighted by molar-refractivity contribution is 6.51. The molecule has 66 valence electrons. The van der Waals surface area contributed by atoms with E-state index >= 15 is 0 Å². The summed E-state index contributed by atoms with van der Waals surface area (Å²) in [6, 6.07) is 1.75. The molecule has 1 aromatic heterocycles. The molecule has 0 aliphatic carbocycles. The van der Waals surface area contributed by atoms with Crippen molar-refractivity contribution in [2.45, 2.75) is 6.42 Å². The van der Waals surface area contributed by atoms with E-state index in [9.17, 15) is 9.59 Å². The van der Waals surface area contributed by atoms with Crippen LogP contribution in [-0.4, -0.2) is 16.7 Å². The van der Waals surface area contributed by atoms with Gasteiger partial charge in [-0.05, 0) is 6.07 Å². The first-order chi connectivity index (χ1) is 6.22. The summed E-state index contributed by atoms with van der Waals surface area (Å²) in [5.41, 5.74) is 1.82. The fraction of sp³-hybridized carbons (Fsp3) is 0.111. The highest BCUT2D eigenvalue weighted by Crippen LogP contribution is 2.23. The molecule has 1 aliphatic heterocycles. The van der Waals surface area contributed by atoms with Crippen molar-refractivity contribution in [1.29, 1.82) is 0 Å². The number of amides is 1. The molecule has 13 heavy (non-hydrogen) atoms. The average molecular weight is 176 g/mol. The number of anilines is 1. The predicted octanol–water partition coefficient (Wildman–Crippen LogP) is 0.878. The zero-order valence-corrected chi connectivity index (χ0v) is 6.89. The normalized spacial score (nSPS) is 14.2. The van der Waals surface area contributed by atoms with Gasteiger partial charge in [-0.3, -0.25) is 9.59 Å². The van der Waals surface area contributed by atoms with Crippen molar-refractivity contribution in [2.24, 2.45) is 0 Å². The first-order valence-corrected chi connectivity index (χ1v) is 3.91. The van der Waals surface area contributed by atoms with Crippen LogP contribution >= 0.6 is 0 Å². The van der Waals surface area contributed by atoms with Gasteiger partial charge in [-0.25, -0.2) is 0 Å². The number of hydrogen-bond acceptors (Lipinski definition) is 2. The Bertz CT molecular complexity index is 404. The lowest BCUT2D eigenvalue weighted by atomic mass is 10.3. The molecule has 4 nitrogen and oxygen atoms in total. The predicted molar refractivity (Wildman–Crippen MR) is 47.7 cm³/mol. The van der Waals surface area contributed by atoms with E-state index < -0.39 is 11.7 Å². The fourth-order valence-corrected chi connectivity index (χ4v) is 1.35. The second kappa shape index (κ2) is 2.58. The number of ketones is 1. The van der Waals surface area contributed by atoms with Gasteiger partial charge in [-0.1, -0.05) is 6.08 Å². The summed E-state index contributed by atoms with van der Waals surface area (Å²) in [6.45, 7) is 3.58. The van der Waals surface area contributed by atoms with Gasteiger partial charge in [0, 0.05) is 12.1 Å². The Labute approximate surface area is 74.6 Å². The van der Waals surface area contributed by atoms with Gasteiger partial charge in [-0.15, -0.1) is 6.58 Å². The Hall–Kier alpha value is -1.84. The third kappa shape index (κ3) is 1.07. The zero-order chi connectivity index (χ0) is 9.42. The Morgan fingerprint density at radius 3 is 2.85 bits per heavy atom. The van der Waals surface area contributed by atoms with Crippen LogP contribution < -0.4 is 5.32 Å². The van der Waals surface area contributed by atoms with Gasteiger partial charge in [0.15, 0.2) is 0 Å². The first kappa shape index (κ1) is 7.79. The smallest absolute Gasteiger partial charge is 0.298 e. The molecule has 2 rings (SSSR count). The van der Waals surface area contributed by atoms with E-state index in [2.05, 4.69) is 16.9 Å². The maximum Gasteiger partial charge on any atom is 0.298 e. The maximum atomic E-state index is 11.1. The van der Waals surface area contributed by atoms with Crippen LogP contribution in [0.15, 0.2) is 18.7 Å². The van der Waals surface area contributed by atoms with Crippen LogP contribution in [0, 0.1) is 0 Å². The molecule has 0 atom stereocenters. The average Bonchev–Trinajstić information content (AvgIpc) is 2.56. The molecule has 1 amide bonds. The molecule has 0 aromatic carbocycles. The number of Topliss-reactive ketones (excluding diaryl/α,β-unsaturated/α-hetero) is 1. The fourth-order valence-electron chi connectivity index (χ4n) is 1.35. The Morgan fingerprint density at radius 2 is 2.23 bits per heavy atom. The van der Waals surface area contributed by atoms with Crippen LogP contribution in [0.1, 0.15) is 16.2 Å². The zero-order valence-electron chi connectivity index (χ0n) is 6.89. The lowest BCUT2D eigenvalue weighted by Crippen LogP contribution is -2.13. The quantitative estimate of drug-likeness (QED) is 0.519. The van der Waals surface area contributed by atoms with Crippen LogP contribution in [0.3, 0.4) is 0 Å². The van der Waals surface area contributed by atoms with E-state index in [-0.39, 0.29) is 0 Å². The molecule has 0 bridgehead atoms. The van der Waals surface area contributed by atoms with E-state index in [1.54, 1.807) is 12.1 Å². The molecule has 0 radical (unpaired) electrons. The van der Waals surface area contributed by atoms with E-state index in [4.69, 9.17) is 0 Å². The second-order valence-corrected chi connectivity index (χ2v) is 2.86. The van der Waals surface area contributed by atoms with Crippen molar-refractivity contribution >= 4 is 17.4 Å². The lowest BCUT2D eigenvalue weighted by Gasteiger charge is -1.90. The number of hydrogen-bond donors (Lipinski definition) is 2. The standard InChI is InChI=1S/C9H8N2O2/c1-2-3-5-4-6-7(10-5)8(12)9(13)11-6/h2,4,10H,1,3H2,(H,11,12,13). The molecule has 0 unspecified atom stereocenters. The molecule has 0 fully saturated rings. The van der Waals surface area contributed by atoms with Crippen molar-refractivity contribution in [3.63, 3.8) is 0 Å². The summed E-state index contributed by atoms with van der Waals surface area (Å²) in [6.07, 6.45) is 2.39. The van der Waals surface area contributed by atoms with Crippen molar-refractivity contribution in [1.82, 2.24) is 4.98 Å². The van der Waals surface area contributed by atoms with E-state index in [1.165, 1.54) is 0 Å². The van der Waals surface area contributed by atoms with Crippen molar-refractivity contribution in [2.75, 3.05) is 5.32 Å². The minimum atomic E-state index is -0.564. The second-order valence-electron chi connectivity index (χ2n) is 2.86. The highest BCUT2D eigenvalue weighted by atomic mass is 16.2. The third-order valence-corrected chi connectivity index (χ3v) is 1.92. The van der Waals surface area contributed by atoms with Crippen molar-refractivity contribution in [3.05, 3.63) is 30.1 Å². The largest absolute Gasteiger partial charge is 0.354 e. The van der Waals surface area contributed by atoms with Crippen molar-refractivity contribution < 1.29 is 9.59 Å². The van der Waals surface area contributed by atoms with Crippen molar-refractivity contribution in [3.8, 4) is 0 Å². The van der Waals surface area contributed by atoms with Gasteiger partial charge in [0.1, 0.15) is 5.69 Å². The molecule has 1 aliphatic rings. The van der Waals surface area contributed by atoms with E-state index in [0.29, 0.717) is 17.8 Å². The number of fused-ring (bicyclic) bond motifs is 1. The van der Waals surface area contributed by atoms with E-state index in [0.717, 1.165) is 5.69 Å². The Balaban J connectivity index is 2.39. The molecule has 2 N–H and O–H groups in total. The number of aromatic amines is 1. The van der Waals surface area contributed by atoms with Crippen LogP contribution in [-0.2, 0) is 11.2 Å². The summed E-state index contributed by atoms with van der Waals surface area (Å²) < 4.78 is 0. The minimum absolute atomic E-state index is 0.363. The number of carbonyl (C=O) groups excluding carboxylic acids is 2. The number of H-pyrrole nitrogens is 1.